The summed E-state index contributed by atoms with van der Waals surface area (Å²) in [6, 6.07) is 12.5. The number of aryl methyl sites for hydroxylation is 4. The molecule has 136 valence electrons. The van der Waals surface area contributed by atoms with Crippen molar-refractivity contribution in [1.29, 1.82) is 0 Å². The van der Waals surface area contributed by atoms with Gasteiger partial charge in [-0.1, -0.05) is 35.9 Å². The fourth-order valence-electron chi connectivity index (χ4n) is 3.57. The van der Waals surface area contributed by atoms with Gasteiger partial charge in [0.25, 0.3) is 0 Å². The zero-order chi connectivity index (χ0) is 18.8. The van der Waals surface area contributed by atoms with Crippen LogP contribution in [0.5, 0.6) is 0 Å². The molecule has 0 unspecified atom stereocenters. The molecule has 1 heterocycles. The predicted molar refractivity (Wildman–Crippen MR) is 111 cm³/mol. The van der Waals surface area contributed by atoms with Crippen molar-refractivity contribution in [2.45, 2.75) is 33.7 Å². The molecule has 0 amide bonds. The van der Waals surface area contributed by atoms with Gasteiger partial charge >= 0.3 is 0 Å². The van der Waals surface area contributed by atoms with E-state index in [0.717, 1.165) is 47.1 Å². The molecule has 3 heteroatoms. The van der Waals surface area contributed by atoms with Gasteiger partial charge in [-0.15, -0.1) is 0 Å². The van der Waals surface area contributed by atoms with Gasteiger partial charge in [-0.3, -0.25) is 4.79 Å². The Hall–Kier alpha value is -2.39. The van der Waals surface area contributed by atoms with Gasteiger partial charge in [-0.2, -0.15) is 0 Å². The molecule has 3 aromatic rings. The third-order valence-corrected chi connectivity index (χ3v) is 4.89. The molecule has 0 aliphatic heterocycles. The fourth-order valence-corrected chi connectivity index (χ4v) is 3.57. The average molecular weight is 348 g/mol. The van der Waals surface area contributed by atoms with Gasteiger partial charge in [0.15, 0.2) is 5.43 Å². The molecule has 0 N–H and O–H groups in total. The quantitative estimate of drug-likeness (QED) is 0.676. The Morgan fingerprint density at radius 3 is 2.31 bits per heavy atom. The molecule has 0 atom stereocenters. The number of aromatic nitrogens is 1. The van der Waals surface area contributed by atoms with E-state index in [4.69, 9.17) is 0 Å². The van der Waals surface area contributed by atoms with Gasteiger partial charge in [0.2, 0.25) is 0 Å². The van der Waals surface area contributed by atoms with E-state index in [0.29, 0.717) is 0 Å². The lowest BCUT2D eigenvalue weighted by Gasteiger charge is -2.17. The molecular formula is C23H28N2O. The third-order valence-electron chi connectivity index (χ3n) is 4.89. The van der Waals surface area contributed by atoms with Crippen molar-refractivity contribution >= 4 is 10.9 Å². The Balaban J connectivity index is 2.21. The topological polar surface area (TPSA) is 25.2 Å². The van der Waals surface area contributed by atoms with Gasteiger partial charge in [0, 0.05) is 23.7 Å². The van der Waals surface area contributed by atoms with Crippen molar-refractivity contribution in [3.63, 3.8) is 0 Å². The predicted octanol–water partition coefficient (Wildman–Crippen LogP) is 4.55. The summed E-state index contributed by atoms with van der Waals surface area (Å²) in [5, 5.41) is 0.846. The van der Waals surface area contributed by atoms with E-state index in [9.17, 15) is 4.79 Å². The first kappa shape index (κ1) is 18.4. The second-order valence-corrected chi connectivity index (χ2v) is 7.56. The zero-order valence-corrected chi connectivity index (χ0v) is 16.5. The minimum absolute atomic E-state index is 0.130. The Labute approximate surface area is 155 Å². The van der Waals surface area contributed by atoms with Gasteiger partial charge in [-0.05, 0) is 70.6 Å². The monoisotopic (exact) mass is 348 g/mol. The van der Waals surface area contributed by atoms with Crippen LogP contribution in [0, 0.1) is 20.8 Å². The fraction of sp³-hybridized carbons (Fsp3) is 0.348. The summed E-state index contributed by atoms with van der Waals surface area (Å²) in [5.41, 5.74) is 6.40. The first-order valence-corrected chi connectivity index (χ1v) is 9.23. The Morgan fingerprint density at radius 1 is 0.962 bits per heavy atom. The summed E-state index contributed by atoms with van der Waals surface area (Å²) in [7, 11) is 4.19. The van der Waals surface area contributed by atoms with Crippen molar-refractivity contribution in [3.05, 3.63) is 69.5 Å². The summed E-state index contributed by atoms with van der Waals surface area (Å²) in [5.74, 6) is 0. The van der Waals surface area contributed by atoms with Crippen LogP contribution < -0.4 is 5.43 Å². The average Bonchev–Trinajstić information content (AvgIpc) is 2.57. The molecule has 0 bridgehead atoms. The van der Waals surface area contributed by atoms with E-state index in [2.05, 4.69) is 61.7 Å². The number of fused-ring (bicyclic) bond motifs is 1. The summed E-state index contributed by atoms with van der Waals surface area (Å²) < 4.78 is 2.26. The Morgan fingerprint density at radius 2 is 1.65 bits per heavy atom. The van der Waals surface area contributed by atoms with Gasteiger partial charge in [0.05, 0.1) is 5.52 Å². The van der Waals surface area contributed by atoms with Crippen LogP contribution in [0.15, 0.2) is 47.4 Å². The van der Waals surface area contributed by atoms with Crippen molar-refractivity contribution < 1.29 is 0 Å². The van der Waals surface area contributed by atoms with Gasteiger partial charge in [0.1, 0.15) is 0 Å². The second-order valence-electron chi connectivity index (χ2n) is 7.56. The number of hydrogen-bond acceptors (Lipinski definition) is 2. The van der Waals surface area contributed by atoms with E-state index >= 15 is 0 Å². The molecule has 0 aliphatic rings. The number of rotatable bonds is 5. The molecule has 0 radical (unpaired) electrons. The highest BCUT2D eigenvalue weighted by molar-refractivity contribution is 5.87. The molecule has 2 aromatic carbocycles. The molecule has 0 fully saturated rings. The SMILES string of the molecule is Cc1ccc(-c2cn(CCCN(C)C)c3cc(C)cc(C)c3c2=O)cc1. The lowest BCUT2D eigenvalue weighted by molar-refractivity contribution is 0.388. The number of benzene rings is 2. The molecule has 0 spiro atoms. The number of pyridine rings is 1. The standard InChI is InChI=1S/C23H28N2O/c1-16-7-9-19(10-8-16)20-15-25(12-6-11-24(4)5)21-14-17(2)13-18(3)22(21)23(20)26/h7-10,13-15H,6,11-12H2,1-5H3. The highest BCUT2D eigenvalue weighted by atomic mass is 16.1. The summed E-state index contributed by atoms with van der Waals surface area (Å²) >= 11 is 0. The minimum atomic E-state index is 0.130. The second kappa shape index (κ2) is 7.46. The molecule has 0 saturated heterocycles. The summed E-state index contributed by atoms with van der Waals surface area (Å²) in [6.07, 6.45) is 3.09. The highest BCUT2D eigenvalue weighted by Gasteiger charge is 2.13. The first-order valence-electron chi connectivity index (χ1n) is 9.23. The zero-order valence-electron chi connectivity index (χ0n) is 16.5. The maximum absolute atomic E-state index is 13.3. The molecule has 1 aromatic heterocycles. The highest BCUT2D eigenvalue weighted by Crippen LogP contribution is 2.24. The van der Waals surface area contributed by atoms with Crippen LogP contribution in [0.4, 0.5) is 0 Å². The van der Waals surface area contributed by atoms with Crippen molar-refractivity contribution in [1.82, 2.24) is 9.47 Å². The smallest absolute Gasteiger partial charge is 0.197 e. The number of nitrogens with zero attached hydrogens (tertiary/aromatic N) is 2. The maximum Gasteiger partial charge on any atom is 0.197 e. The van der Waals surface area contributed by atoms with Crippen LogP contribution in [0.1, 0.15) is 23.1 Å². The normalized spacial score (nSPS) is 11.5. The van der Waals surface area contributed by atoms with E-state index in [1.54, 1.807) is 0 Å². The van der Waals surface area contributed by atoms with Crippen LogP contribution in [0.2, 0.25) is 0 Å². The van der Waals surface area contributed by atoms with Crippen molar-refractivity contribution in [2.24, 2.45) is 0 Å². The molecular weight excluding hydrogens is 320 g/mol. The molecule has 3 rings (SSSR count). The van der Waals surface area contributed by atoms with E-state index in [1.165, 1.54) is 11.1 Å². The summed E-state index contributed by atoms with van der Waals surface area (Å²) in [4.78, 5) is 15.5. The Kier molecular flexibility index (Phi) is 5.28. The van der Waals surface area contributed by atoms with Crippen LogP contribution in [0.3, 0.4) is 0 Å². The molecule has 3 nitrogen and oxygen atoms in total. The Bertz CT molecular complexity index is 982. The summed E-state index contributed by atoms with van der Waals surface area (Å²) in [6.45, 7) is 8.13. The molecule has 26 heavy (non-hydrogen) atoms. The first-order chi connectivity index (χ1) is 12.4. The van der Waals surface area contributed by atoms with Gasteiger partial charge in [-0.25, -0.2) is 0 Å². The number of hydrogen-bond donors (Lipinski definition) is 0. The largest absolute Gasteiger partial charge is 0.347 e. The van der Waals surface area contributed by atoms with Crippen LogP contribution in [-0.2, 0) is 6.54 Å². The van der Waals surface area contributed by atoms with Crippen LogP contribution in [0.25, 0.3) is 22.0 Å². The van der Waals surface area contributed by atoms with Crippen LogP contribution in [-0.4, -0.2) is 30.1 Å². The minimum Gasteiger partial charge on any atom is -0.347 e. The van der Waals surface area contributed by atoms with Crippen LogP contribution >= 0.6 is 0 Å². The lowest BCUT2D eigenvalue weighted by Crippen LogP contribution is -2.17. The maximum atomic E-state index is 13.3. The van der Waals surface area contributed by atoms with Crippen molar-refractivity contribution in [2.75, 3.05) is 20.6 Å². The lowest BCUT2D eigenvalue weighted by atomic mass is 9.99. The van der Waals surface area contributed by atoms with Gasteiger partial charge < -0.3 is 9.47 Å². The van der Waals surface area contributed by atoms with E-state index in [1.807, 2.05) is 25.3 Å². The van der Waals surface area contributed by atoms with Crippen molar-refractivity contribution in [3.8, 4) is 11.1 Å². The van der Waals surface area contributed by atoms with E-state index in [-0.39, 0.29) is 5.43 Å². The third kappa shape index (κ3) is 3.73. The van der Waals surface area contributed by atoms with E-state index < -0.39 is 0 Å². The molecule has 0 aliphatic carbocycles. The molecule has 0 saturated carbocycles.